The monoisotopic (exact) mass is 404 g/mol. The minimum atomic E-state index is -1.28. The number of nitrogens with zero attached hydrogens (tertiary/aromatic N) is 1. The topological polar surface area (TPSA) is 78.8 Å². The Morgan fingerprint density at radius 3 is 2.50 bits per heavy atom. The summed E-state index contributed by atoms with van der Waals surface area (Å²) >= 11 is -1.28. The molecule has 0 spiro atoms. The summed E-state index contributed by atoms with van der Waals surface area (Å²) in [4.78, 5) is 2.63. The van der Waals surface area contributed by atoms with Gasteiger partial charge in [-0.1, -0.05) is 30.2 Å². The minimum absolute atomic E-state index is 0.000322. The van der Waals surface area contributed by atoms with Gasteiger partial charge >= 0.3 is 0 Å². The van der Waals surface area contributed by atoms with Crippen molar-refractivity contribution < 1.29 is 14.8 Å². The molecule has 28 heavy (non-hydrogen) atoms. The number of hydrogen-bond acceptors (Lipinski definition) is 5. The molecule has 0 saturated carbocycles. The van der Waals surface area contributed by atoms with E-state index >= 15 is 0 Å². The van der Waals surface area contributed by atoms with Crippen molar-refractivity contribution in [1.29, 1.82) is 0 Å². The van der Waals surface area contributed by atoms with Gasteiger partial charge < -0.3 is 25.0 Å². The van der Waals surface area contributed by atoms with Gasteiger partial charge in [-0.15, -0.1) is 0 Å². The van der Waals surface area contributed by atoms with E-state index < -0.39 is 17.3 Å². The van der Waals surface area contributed by atoms with E-state index in [1.54, 1.807) is 12.1 Å². The minimum Gasteiger partial charge on any atom is -0.612 e. The third-order valence-electron chi connectivity index (χ3n) is 4.84. The van der Waals surface area contributed by atoms with Gasteiger partial charge in [0.25, 0.3) is 0 Å². The Morgan fingerprint density at radius 2 is 1.82 bits per heavy atom. The number of aryl methyl sites for hydroxylation is 1. The first-order valence-corrected chi connectivity index (χ1v) is 11.3. The van der Waals surface area contributed by atoms with Crippen LogP contribution in [0.25, 0.3) is 0 Å². The van der Waals surface area contributed by atoms with Crippen molar-refractivity contribution >= 4 is 16.9 Å². The lowest BCUT2D eigenvalue weighted by Gasteiger charge is -2.19. The summed E-state index contributed by atoms with van der Waals surface area (Å²) in [6.45, 7) is 4.40. The van der Waals surface area contributed by atoms with Gasteiger partial charge in [-0.25, -0.2) is 0 Å². The average molecular weight is 405 g/mol. The molecule has 2 aromatic rings. The molecule has 3 N–H and O–H groups in total. The number of aromatic hydroxyl groups is 1. The second-order valence-electron chi connectivity index (χ2n) is 7.22. The quantitative estimate of drug-likeness (QED) is 0.395. The Morgan fingerprint density at radius 1 is 1.11 bits per heavy atom. The number of rotatable bonds is 11. The fourth-order valence-electron chi connectivity index (χ4n) is 3.03. The van der Waals surface area contributed by atoms with E-state index in [0.29, 0.717) is 17.0 Å². The molecule has 2 unspecified atom stereocenters. The molecule has 0 aliphatic carbocycles. The maximum atomic E-state index is 11.6. The summed E-state index contributed by atoms with van der Waals surface area (Å²) in [5.74, 6) is 0.000322. The van der Waals surface area contributed by atoms with Crippen LogP contribution in [-0.4, -0.2) is 47.7 Å². The first kappa shape index (κ1) is 22.6. The van der Waals surface area contributed by atoms with Crippen LogP contribution in [0, 0.1) is 6.92 Å². The van der Waals surface area contributed by atoms with Gasteiger partial charge in [-0.2, -0.15) is 0 Å². The van der Waals surface area contributed by atoms with Gasteiger partial charge in [0, 0.05) is 31.9 Å². The molecule has 6 heteroatoms. The van der Waals surface area contributed by atoms with Gasteiger partial charge in [0.05, 0.1) is 6.10 Å². The molecule has 5 nitrogen and oxygen atoms in total. The first-order chi connectivity index (χ1) is 13.4. The summed E-state index contributed by atoms with van der Waals surface area (Å²) in [5.41, 5.74) is 3.18. The average Bonchev–Trinajstić information content (AvgIpc) is 2.67. The van der Waals surface area contributed by atoms with Gasteiger partial charge in [-0.3, -0.25) is 0 Å². The zero-order chi connectivity index (χ0) is 20.5. The molecule has 0 radical (unpaired) electrons. The molecular weight excluding hydrogens is 372 g/mol. The van der Waals surface area contributed by atoms with E-state index in [2.05, 4.69) is 48.5 Å². The fraction of sp³-hybridized carbons (Fsp3) is 0.455. The second-order valence-corrected chi connectivity index (χ2v) is 8.57. The van der Waals surface area contributed by atoms with E-state index in [4.69, 9.17) is 0 Å². The number of nitrogens with one attached hydrogen (secondary N) is 1. The van der Waals surface area contributed by atoms with E-state index in [0.717, 1.165) is 32.4 Å². The summed E-state index contributed by atoms with van der Waals surface area (Å²) < 4.78 is 11.6. The van der Waals surface area contributed by atoms with Crippen molar-refractivity contribution in [3.8, 4) is 5.75 Å². The molecule has 2 aromatic carbocycles. The Bertz CT molecular complexity index is 722. The third-order valence-corrected chi connectivity index (χ3v) is 5.78. The molecular formula is C22H32N2O3S. The summed E-state index contributed by atoms with van der Waals surface area (Å²) in [5, 5.41) is 23.3. The number of aliphatic hydroxyl groups excluding tert-OH is 1. The van der Waals surface area contributed by atoms with Crippen LogP contribution in [-0.2, 0) is 11.2 Å². The van der Waals surface area contributed by atoms with Crippen molar-refractivity contribution in [2.75, 3.05) is 37.8 Å². The Hall–Kier alpha value is -1.73. The highest BCUT2D eigenvalue weighted by molar-refractivity contribution is 7.90. The van der Waals surface area contributed by atoms with Crippen LogP contribution in [0.2, 0.25) is 0 Å². The molecule has 2 atom stereocenters. The Balaban J connectivity index is 1.62. The van der Waals surface area contributed by atoms with Crippen molar-refractivity contribution in [2.45, 2.75) is 37.2 Å². The summed E-state index contributed by atoms with van der Waals surface area (Å²) in [7, 11) is 2.12. The molecule has 0 aliphatic rings. The SMILES string of the molecule is Cc1ccc(N(C)CCCCCNCC(O)c2ccc(O)c([S+](C)[O-])c2)cc1. The van der Waals surface area contributed by atoms with Gasteiger partial charge in [0.2, 0.25) is 0 Å². The predicted octanol–water partition coefficient (Wildman–Crippen LogP) is 3.37. The van der Waals surface area contributed by atoms with E-state index in [-0.39, 0.29) is 5.75 Å². The molecule has 0 aliphatic heterocycles. The lowest BCUT2D eigenvalue weighted by Crippen LogP contribution is -2.23. The van der Waals surface area contributed by atoms with Gasteiger partial charge in [0.1, 0.15) is 6.26 Å². The zero-order valence-electron chi connectivity index (χ0n) is 17.0. The molecule has 0 fully saturated rings. The Kier molecular flexibility index (Phi) is 9.12. The lowest BCUT2D eigenvalue weighted by molar-refractivity contribution is 0.174. The highest BCUT2D eigenvalue weighted by Crippen LogP contribution is 2.26. The molecule has 0 amide bonds. The zero-order valence-corrected chi connectivity index (χ0v) is 17.8. The smallest absolute Gasteiger partial charge is 0.194 e. The van der Waals surface area contributed by atoms with E-state index in [9.17, 15) is 14.8 Å². The van der Waals surface area contributed by atoms with Gasteiger partial charge in [-0.05, 0) is 61.2 Å². The van der Waals surface area contributed by atoms with Crippen molar-refractivity contribution in [3.63, 3.8) is 0 Å². The fourth-order valence-corrected chi connectivity index (χ4v) is 3.69. The van der Waals surface area contributed by atoms with E-state index in [1.807, 2.05) is 0 Å². The number of phenolic OH excluding ortho intramolecular Hbond substituents is 1. The maximum absolute atomic E-state index is 11.6. The number of benzene rings is 2. The highest BCUT2D eigenvalue weighted by Gasteiger charge is 2.15. The van der Waals surface area contributed by atoms with Crippen LogP contribution >= 0.6 is 0 Å². The Labute approximate surface area is 171 Å². The predicted molar refractivity (Wildman–Crippen MR) is 117 cm³/mol. The summed E-state index contributed by atoms with van der Waals surface area (Å²) in [6.07, 6.45) is 4.12. The van der Waals surface area contributed by atoms with Crippen LogP contribution in [0.3, 0.4) is 0 Å². The normalized spacial score (nSPS) is 13.3. The van der Waals surface area contributed by atoms with Crippen LogP contribution in [0.1, 0.15) is 36.5 Å². The number of aliphatic hydroxyl groups is 1. The van der Waals surface area contributed by atoms with Gasteiger partial charge in [0.15, 0.2) is 10.6 Å². The standard InChI is InChI=1S/C22H32N2O3S/c1-17-7-10-19(11-8-17)24(2)14-6-4-5-13-23-16-21(26)18-9-12-20(25)22(15-18)28(3)27/h7-12,15,21,23,25-26H,4-6,13-14,16H2,1-3H3. The number of phenols is 1. The third kappa shape index (κ3) is 7.02. The molecule has 0 aromatic heterocycles. The molecule has 2 rings (SSSR count). The van der Waals surface area contributed by atoms with Crippen LogP contribution in [0.15, 0.2) is 47.4 Å². The van der Waals surface area contributed by atoms with Crippen molar-refractivity contribution in [2.24, 2.45) is 0 Å². The van der Waals surface area contributed by atoms with Crippen molar-refractivity contribution in [3.05, 3.63) is 53.6 Å². The molecule has 0 saturated heterocycles. The molecule has 154 valence electrons. The number of anilines is 1. The maximum Gasteiger partial charge on any atom is 0.194 e. The van der Waals surface area contributed by atoms with Crippen LogP contribution in [0.4, 0.5) is 5.69 Å². The largest absolute Gasteiger partial charge is 0.612 e. The van der Waals surface area contributed by atoms with Crippen molar-refractivity contribution in [1.82, 2.24) is 5.32 Å². The lowest BCUT2D eigenvalue weighted by atomic mass is 10.1. The number of unbranched alkanes of at least 4 members (excludes halogenated alkanes) is 2. The summed E-state index contributed by atoms with van der Waals surface area (Å²) in [6, 6.07) is 13.3. The first-order valence-electron chi connectivity index (χ1n) is 9.71. The van der Waals surface area contributed by atoms with Crippen LogP contribution < -0.4 is 10.2 Å². The molecule has 0 heterocycles. The highest BCUT2D eigenvalue weighted by atomic mass is 32.2. The number of hydrogen-bond donors (Lipinski definition) is 3. The van der Waals surface area contributed by atoms with Crippen LogP contribution in [0.5, 0.6) is 5.75 Å². The van der Waals surface area contributed by atoms with E-state index in [1.165, 1.54) is 23.6 Å². The second kappa shape index (κ2) is 11.3. The molecule has 0 bridgehead atoms.